The van der Waals surface area contributed by atoms with Crippen LogP contribution >= 0.6 is 0 Å². The highest BCUT2D eigenvalue weighted by molar-refractivity contribution is 5.83. The Bertz CT molecular complexity index is 441. The number of aromatic nitrogens is 1. The summed E-state index contributed by atoms with van der Waals surface area (Å²) in [7, 11) is 0. The molecule has 2 aromatic rings. The van der Waals surface area contributed by atoms with E-state index in [1.54, 1.807) is 0 Å². The quantitative estimate of drug-likeness (QED) is 0.771. The highest BCUT2D eigenvalue weighted by Crippen LogP contribution is 2.22. The van der Waals surface area contributed by atoms with E-state index >= 15 is 0 Å². The average Bonchev–Trinajstić information content (AvgIpc) is 2.60. The lowest BCUT2D eigenvalue weighted by molar-refractivity contribution is 0.623. The number of benzene rings is 1. The monoisotopic (exact) mass is 188 g/mol. The topological polar surface area (TPSA) is 30.9 Å². The molecule has 0 atom stereocenters. The lowest BCUT2D eigenvalue weighted by Gasteiger charge is -2.09. The Labute approximate surface area is 84.3 Å². The molecule has 0 fully saturated rings. The summed E-state index contributed by atoms with van der Waals surface area (Å²) in [6.45, 7) is 4.99. The zero-order chi connectivity index (χ0) is 10.1. The summed E-state index contributed by atoms with van der Waals surface area (Å²) in [6, 6.07) is 8.96. The minimum Gasteiger partial charge on any atom is -0.345 e. The fourth-order valence-electron chi connectivity index (χ4n) is 1.88. The van der Waals surface area contributed by atoms with Gasteiger partial charge in [-0.2, -0.15) is 0 Å². The molecule has 0 aliphatic heterocycles. The molecule has 0 aliphatic carbocycles. The van der Waals surface area contributed by atoms with Crippen LogP contribution < -0.4 is 5.73 Å². The molecular weight excluding hydrogens is 172 g/mol. The van der Waals surface area contributed by atoms with Gasteiger partial charge in [0, 0.05) is 29.7 Å². The number of fused-ring (bicyclic) bond motifs is 1. The van der Waals surface area contributed by atoms with Crippen molar-refractivity contribution >= 4 is 10.9 Å². The van der Waals surface area contributed by atoms with E-state index in [2.05, 4.69) is 48.9 Å². The Balaban J connectivity index is 2.69. The summed E-state index contributed by atoms with van der Waals surface area (Å²) >= 11 is 0. The highest BCUT2D eigenvalue weighted by atomic mass is 15.0. The minimum atomic E-state index is 0.500. The van der Waals surface area contributed by atoms with Crippen LogP contribution in [0.2, 0.25) is 0 Å². The molecule has 14 heavy (non-hydrogen) atoms. The molecule has 74 valence electrons. The van der Waals surface area contributed by atoms with Gasteiger partial charge in [-0.15, -0.1) is 0 Å². The van der Waals surface area contributed by atoms with Crippen LogP contribution in [0.4, 0.5) is 0 Å². The molecule has 0 aliphatic rings. The van der Waals surface area contributed by atoms with Crippen LogP contribution in [0.5, 0.6) is 0 Å². The van der Waals surface area contributed by atoms with Crippen LogP contribution in [0.1, 0.15) is 25.5 Å². The molecule has 0 radical (unpaired) electrons. The Morgan fingerprint density at radius 3 is 2.71 bits per heavy atom. The Morgan fingerprint density at radius 2 is 2.07 bits per heavy atom. The third-order valence-electron chi connectivity index (χ3n) is 2.63. The maximum absolute atomic E-state index is 5.69. The van der Waals surface area contributed by atoms with Crippen molar-refractivity contribution in [1.29, 1.82) is 0 Å². The first-order chi connectivity index (χ1) is 6.74. The largest absolute Gasteiger partial charge is 0.345 e. The summed E-state index contributed by atoms with van der Waals surface area (Å²) in [6.07, 6.45) is 2.13. The van der Waals surface area contributed by atoms with Gasteiger partial charge in [0.15, 0.2) is 0 Å². The zero-order valence-corrected chi connectivity index (χ0v) is 8.70. The molecular formula is C12H16N2. The smallest absolute Gasteiger partial charge is 0.0485 e. The van der Waals surface area contributed by atoms with Crippen molar-refractivity contribution in [3.63, 3.8) is 0 Å². The SMILES string of the molecule is CC(C)n1ccc2c(CN)cccc21. The van der Waals surface area contributed by atoms with Gasteiger partial charge in [-0.3, -0.25) is 0 Å². The fraction of sp³-hybridized carbons (Fsp3) is 0.333. The second-order valence-electron chi connectivity index (χ2n) is 3.87. The first-order valence-corrected chi connectivity index (χ1v) is 5.02. The predicted octanol–water partition coefficient (Wildman–Crippen LogP) is 2.68. The van der Waals surface area contributed by atoms with Gasteiger partial charge in [0.05, 0.1) is 0 Å². The van der Waals surface area contributed by atoms with E-state index in [9.17, 15) is 0 Å². The maximum atomic E-state index is 5.69. The second kappa shape index (κ2) is 3.46. The van der Waals surface area contributed by atoms with E-state index in [-0.39, 0.29) is 0 Å². The molecule has 0 saturated heterocycles. The molecule has 2 nitrogen and oxygen atoms in total. The van der Waals surface area contributed by atoms with Gasteiger partial charge in [0.1, 0.15) is 0 Å². The molecule has 0 spiro atoms. The van der Waals surface area contributed by atoms with E-state index in [0.29, 0.717) is 12.6 Å². The third-order valence-corrected chi connectivity index (χ3v) is 2.63. The van der Waals surface area contributed by atoms with Crippen LogP contribution in [0.25, 0.3) is 10.9 Å². The lowest BCUT2D eigenvalue weighted by Crippen LogP contribution is -1.99. The Kier molecular flexibility index (Phi) is 2.30. The van der Waals surface area contributed by atoms with E-state index in [0.717, 1.165) is 0 Å². The van der Waals surface area contributed by atoms with Crippen LogP contribution in [0.15, 0.2) is 30.5 Å². The molecule has 2 heteroatoms. The van der Waals surface area contributed by atoms with Crippen molar-refractivity contribution < 1.29 is 0 Å². The van der Waals surface area contributed by atoms with Gasteiger partial charge >= 0.3 is 0 Å². The number of rotatable bonds is 2. The lowest BCUT2D eigenvalue weighted by atomic mass is 10.1. The summed E-state index contributed by atoms with van der Waals surface area (Å²) < 4.78 is 2.27. The van der Waals surface area contributed by atoms with Crippen LogP contribution in [-0.4, -0.2) is 4.57 Å². The Morgan fingerprint density at radius 1 is 1.29 bits per heavy atom. The molecule has 1 heterocycles. The van der Waals surface area contributed by atoms with Gasteiger partial charge in [0.25, 0.3) is 0 Å². The number of nitrogens with zero attached hydrogens (tertiary/aromatic N) is 1. The van der Waals surface area contributed by atoms with Gasteiger partial charge in [-0.1, -0.05) is 12.1 Å². The number of hydrogen-bond acceptors (Lipinski definition) is 1. The summed E-state index contributed by atoms with van der Waals surface area (Å²) in [5.41, 5.74) is 8.20. The molecule has 0 saturated carbocycles. The number of hydrogen-bond donors (Lipinski definition) is 1. The predicted molar refractivity (Wildman–Crippen MR) is 60.2 cm³/mol. The highest BCUT2D eigenvalue weighted by Gasteiger charge is 2.05. The standard InChI is InChI=1S/C12H16N2/c1-9(2)14-7-6-11-10(8-13)4-3-5-12(11)14/h3-7,9H,8,13H2,1-2H3. The van der Waals surface area contributed by atoms with Crippen LogP contribution in [0, 0.1) is 0 Å². The van der Waals surface area contributed by atoms with Gasteiger partial charge in [-0.25, -0.2) is 0 Å². The van der Waals surface area contributed by atoms with Crippen molar-refractivity contribution in [3.05, 3.63) is 36.0 Å². The van der Waals surface area contributed by atoms with Crippen molar-refractivity contribution in [2.45, 2.75) is 26.4 Å². The van der Waals surface area contributed by atoms with E-state index in [4.69, 9.17) is 5.73 Å². The zero-order valence-electron chi connectivity index (χ0n) is 8.70. The maximum Gasteiger partial charge on any atom is 0.0485 e. The van der Waals surface area contributed by atoms with Crippen LogP contribution in [0.3, 0.4) is 0 Å². The van der Waals surface area contributed by atoms with Crippen molar-refractivity contribution in [2.24, 2.45) is 5.73 Å². The third kappa shape index (κ3) is 1.32. The average molecular weight is 188 g/mol. The molecule has 0 amide bonds. The second-order valence-corrected chi connectivity index (χ2v) is 3.87. The summed E-state index contributed by atoms with van der Waals surface area (Å²) in [5.74, 6) is 0. The molecule has 2 rings (SSSR count). The Hall–Kier alpha value is -1.28. The molecule has 2 N–H and O–H groups in total. The van der Waals surface area contributed by atoms with E-state index in [1.807, 2.05) is 0 Å². The summed E-state index contributed by atoms with van der Waals surface area (Å²) in [4.78, 5) is 0. The minimum absolute atomic E-state index is 0.500. The first-order valence-electron chi connectivity index (χ1n) is 5.02. The molecule has 0 unspecified atom stereocenters. The van der Waals surface area contributed by atoms with Gasteiger partial charge < -0.3 is 10.3 Å². The van der Waals surface area contributed by atoms with Crippen molar-refractivity contribution in [1.82, 2.24) is 4.57 Å². The van der Waals surface area contributed by atoms with Gasteiger partial charge in [-0.05, 0) is 31.5 Å². The van der Waals surface area contributed by atoms with Gasteiger partial charge in [0.2, 0.25) is 0 Å². The molecule has 1 aromatic carbocycles. The van der Waals surface area contributed by atoms with Crippen molar-refractivity contribution in [3.8, 4) is 0 Å². The normalized spacial score (nSPS) is 11.4. The molecule has 0 bridgehead atoms. The fourth-order valence-corrected chi connectivity index (χ4v) is 1.88. The number of nitrogens with two attached hydrogens (primary N) is 1. The van der Waals surface area contributed by atoms with Crippen LogP contribution in [-0.2, 0) is 6.54 Å². The van der Waals surface area contributed by atoms with E-state index < -0.39 is 0 Å². The molecule has 1 aromatic heterocycles. The summed E-state index contributed by atoms with van der Waals surface area (Å²) in [5, 5.41) is 1.28. The first kappa shape index (κ1) is 9.28. The van der Waals surface area contributed by atoms with E-state index in [1.165, 1.54) is 16.5 Å². The van der Waals surface area contributed by atoms with Crippen molar-refractivity contribution in [2.75, 3.05) is 0 Å².